The molecule has 2 amide bonds. The van der Waals surface area contributed by atoms with Crippen LogP contribution >= 0.6 is 0 Å². The van der Waals surface area contributed by atoms with Crippen LogP contribution in [0.1, 0.15) is 39.6 Å². The maximum absolute atomic E-state index is 12.9. The van der Waals surface area contributed by atoms with E-state index < -0.39 is 0 Å². The molecule has 1 aliphatic rings. The first-order valence-electron chi connectivity index (χ1n) is 13.5. The van der Waals surface area contributed by atoms with Crippen molar-refractivity contribution in [2.45, 2.75) is 26.3 Å². The number of hydrogen-bond donors (Lipinski definition) is 0. The summed E-state index contributed by atoms with van der Waals surface area (Å²) in [5.74, 6) is 0.818. The maximum Gasteiger partial charge on any atom is 0.261 e. The number of imide groups is 1. The number of aromatic nitrogens is 4. The van der Waals surface area contributed by atoms with Crippen molar-refractivity contribution in [1.29, 1.82) is 0 Å². The van der Waals surface area contributed by atoms with Gasteiger partial charge in [-0.2, -0.15) is 5.10 Å². The molecule has 0 radical (unpaired) electrons. The average molecular weight is 548 g/mol. The predicted octanol–water partition coefficient (Wildman–Crippen LogP) is 5.43. The summed E-state index contributed by atoms with van der Waals surface area (Å²) < 4.78 is 13.0. The molecule has 0 aliphatic carbocycles. The Balaban J connectivity index is 1.40. The summed E-state index contributed by atoms with van der Waals surface area (Å²) in [5.41, 5.74) is 6.79. The van der Waals surface area contributed by atoms with E-state index in [0.717, 1.165) is 45.5 Å². The van der Waals surface area contributed by atoms with Crippen molar-refractivity contribution in [3.05, 3.63) is 89.9 Å². The number of fused-ring (bicyclic) bond motifs is 2. The second-order valence-electron chi connectivity index (χ2n) is 9.82. The Morgan fingerprint density at radius 1 is 0.854 bits per heavy atom. The van der Waals surface area contributed by atoms with Crippen molar-refractivity contribution in [3.8, 4) is 33.9 Å². The maximum atomic E-state index is 12.9. The van der Waals surface area contributed by atoms with Gasteiger partial charge in [0, 0.05) is 36.5 Å². The molecule has 0 fully saturated rings. The Bertz CT molecular complexity index is 1740. The van der Waals surface area contributed by atoms with Crippen LogP contribution in [-0.4, -0.2) is 57.2 Å². The van der Waals surface area contributed by atoms with Crippen LogP contribution in [0.4, 0.5) is 0 Å². The molecule has 1 aliphatic heterocycles. The molecule has 9 nitrogen and oxygen atoms in total. The van der Waals surface area contributed by atoms with Gasteiger partial charge in [-0.15, -0.1) is 0 Å². The fourth-order valence-corrected chi connectivity index (χ4v) is 5.28. The number of nitrogens with zero attached hydrogens (tertiary/aromatic N) is 5. The van der Waals surface area contributed by atoms with Crippen LogP contribution < -0.4 is 9.47 Å². The molecule has 206 valence electrons. The number of carbonyl (C=O) groups is 2. The van der Waals surface area contributed by atoms with Crippen LogP contribution in [0.25, 0.3) is 33.4 Å². The quantitative estimate of drug-likeness (QED) is 0.227. The molecule has 0 bridgehead atoms. The standard InChI is InChI=1S/C32H29N5O4/c1-4-36-19-22(17-34-36)28-18-33-27-12-11-20(8-7-13-37-31(38)25-9-5-6-10-26(25)32(37)39)29(30(27)35-28)21-14-23(40-2)16-24(15-21)41-3/h5-6,9-12,14-19H,4,7-8,13H2,1-3H3. The topological polar surface area (TPSA) is 99.4 Å². The normalized spacial score (nSPS) is 12.7. The minimum atomic E-state index is -0.245. The SMILES string of the molecule is CCn1cc(-c2cnc3ccc(CCCN4C(=O)c5ccccc5C4=O)c(-c4cc(OC)cc(OC)c4)c3n2)cn1. The molecule has 0 unspecified atom stereocenters. The van der Waals surface area contributed by atoms with Gasteiger partial charge in [-0.25, -0.2) is 4.98 Å². The van der Waals surface area contributed by atoms with Gasteiger partial charge in [0.15, 0.2) is 0 Å². The molecule has 6 rings (SSSR count). The summed E-state index contributed by atoms with van der Waals surface area (Å²) >= 11 is 0. The number of amides is 2. The van der Waals surface area contributed by atoms with E-state index in [1.54, 1.807) is 50.9 Å². The van der Waals surface area contributed by atoms with E-state index in [-0.39, 0.29) is 11.8 Å². The van der Waals surface area contributed by atoms with Crippen LogP contribution in [0.3, 0.4) is 0 Å². The summed E-state index contributed by atoms with van der Waals surface area (Å²) in [6.45, 7) is 3.10. The van der Waals surface area contributed by atoms with Gasteiger partial charge in [0.05, 0.1) is 54.5 Å². The van der Waals surface area contributed by atoms with Crippen LogP contribution in [0.5, 0.6) is 11.5 Å². The van der Waals surface area contributed by atoms with Gasteiger partial charge in [0.25, 0.3) is 11.8 Å². The third-order valence-corrected chi connectivity index (χ3v) is 7.40. The second-order valence-corrected chi connectivity index (χ2v) is 9.82. The van der Waals surface area contributed by atoms with Crippen LogP contribution in [0.2, 0.25) is 0 Å². The van der Waals surface area contributed by atoms with Crippen LogP contribution in [-0.2, 0) is 13.0 Å². The highest BCUT2D eigenvalue weighted by molar-refractivity contribution is 6.21. The van der Waals surface area contributed by atoms with E-state index >= 15 is 0 Å². The number of ether oxygens (including phenoxy) is 2. The van der Waals surface area contributed by atoms with E-state index in [1.807, 2.05) is 48.1 Å². The molecule has 0 spiro atoms. The summed E-state index contributed by atoms with van der Waals surface area (Å²) in [5, 5.41) is 4.40. The van der Waals surface area contributed by atoms with Crippen molar-refractivity contribution < 1.29 is 19.1 Å². The molecule has 0 N–H and O–H groups in total. The lowest BCUT2D eigenvalue weighted by molar-refractivity contribution is 0.0652. The Morgan fingerprint density at radius 3 is 2.20 bits per heavy atom. The highest BCUT2D eigenvalue weighted by atomic mass is 16.5. The molecule has 3 heterocycles. The lowest BCUT2D eigenvalue weighted by Gasteiger charge is -2.17. The Hall–Kier alpha value is -5.05. The predicted molar refractivity (Wildman–Crippen MR) is 155 cm³/mol. The molecule has 41 heavy (non-hydrogen) atoms. The zero-order valence-electron chi connectivity index (χ0n) is 23.1. The van der Waals surface area contributed by atoms with E-state index in [2.05, 4.69) is 5.10 Å². The zero-order valence-corrected chi connectivity index (χ0v) is 23.1. The first kappa shape index (κ1) is 26.2. The summed E-state index contributed by atoms with van der Waals surface area (Å²) in [7, 11) is 3.24. The summed E-state index contributed by atoms with van der Waals surface area (Å²) in [6.07, 6.45) is 6.70. The minimum absolute atomic E-state index is 0.245. The fraction of sp³-hybridized carbons (Fsp3) is 0.219. The zero-order chi connectivity index (χ0) is 28.5. The number of aryl methyl sites for hydroxylation is 2. The Kier molecular flexibility index (Phi) is 6.93. The molecular weight excluding hydrogens is 518 g/mol. The number of methoxy groups -OCH3 is 2. The largest absolute Gasteiger partial charge is 0.497 e. The molecule has 9 heteroatoms. The van der Waals surface area contributed by atoms with E-state index in [1.165, 1.54) is 4.90 Å². The molecule has 0 saturated carbocycles. The third kappa shape index (κ3) is 4.80. The van der Waals surface area contributed by atoms with E-state index in [0.29, 0.717) is 42.0 Å². The van der Waals surface area contributed by atoms with Crippen LogP contribution in [0.15, 0.2) is 73.2 Å². The second kappa shape index (κ2) is 10.8. The first-order valence-corrected chi connectivity index (χ1v) is 13.5. The van der Waals surface area contributed by atoms with Crippen molar-refractivity contribution in [2.75, 3.05) is 20.8 Å². The third-order valence-electron chi connectivity index (χ3n) is 7.40. The minimum Gasteiger partial charge on any atom is -0.497 e. The van der Waals surface area contributed by atoms with Gasteiger partial charge in [0.2, 0.25) is 0 Å². The molecule has 0 atom stereocenters. The Labute approximate surface area is 237 Å². The highest BCUT2D eigenvalue weighted by Gasteiger charge is 2.34. The lowest BCUT2D eigenvalue weighted by Crippen LogP contribution is -2.31. The van der Waals surface area contributed by atoms with Gasteiger partial charge in [-0.3, -0.25) is 24.2 Å². The van der Waals surface area contributed by atoms with Gasteiger partial charge >= 0.3 is 0 Å². The highest BCUT2D eigenvalue weighted by Crippen LogP contribution is 2.37. The number of rotatable bonds is 9. The monoisotopic (exact) mass is 547 g/mol. The number of hydrogen-bond acceptors (Lipinski definition) is 7. The molecule has 3 aromatic carbocycles. The van der Waals surface area contributed by atoms with Crippen LogP contribution in [0, 0.1) is 0 Å². The Morgan fingerprint density at radius 2 is 1.56 bits per heavy atom. The van der Waals surface area contributed by atoms with Gasteiger partial charge in [-0.1, -0.05) is 18.2 Å². The van der Waals surface area contributed by atoms with Gasteiger partial charge < -0.3 is 9.47 Å². The summed E-state index contributed by atoms with van der Waals surface area (Å²) in [6, 6.07) is 16.7. The van der Waals surface area contributed by atoms with Crippen molar-refractivity contribution in [3.63, 3.8) is 0 Å². The smallest absolute Gasteiger partial charge is 0.261 e. The summed E-state index contributed by atoms with van der Waals surface area (Å²) in [4.78, 5) is 36.9. The van der Waals surface area contributed by atoms with Gasteiger partial charge in [-0.05, 0) is 61.2 Å². The van der Waals surface area contributed by atoms with Gasteiger partial charge in [0.1, 0.15) is 11.5 Å². The molecular formula is C32H29N5O4. The van der Waals surface area contributed by atoms with E-state index in [4.69, 9.17) is 19.4 Å². The van der Waals surface area contributed by atoms with E-state index in [9.17, 15) is 9.59 Å². The lowest BCUT2D eigenvalue weighted by atomic mass is 9.94. The number of carbonyl (C=O) groups excluding carboxylic acids is 2. The first-order chi connectivity index (χ1) is 20.0. The van der Waals surface area contributed by atoms with Crippen molar-refractivity contribution in [1.82, 2.24) is 24.6 Å². The van der Waals surface area contributed by atoms with Crippen molar-refractivity contribution >= 4 is 22.8 Å². The molecule has 0 saturated heterocycles. The molecule has 2 aromatic heterocycles. The number of benzene rings is 3. The van der Waals surface area contributed by atoms with Crippen molar-refractivity contribution in [2.24, 2.45) is 0 Å². The molecule has 5 aromatic rings. The average Bonchev–Trinajstić information content (AvgIpc) is 3.59. The fourth-order valence-electron chi connectivity index (χ4n) is 5.28.